The summed E-state index contributed by atoms with van der Waals surface area (Å²) in [6, 6.07) is 13.8. The largest absolute Gasteiger partial charge is 0.398 e. The lowest BCUT2D eigenvalue weighted by Crippen LogP contribution is -1.90. The van der Waals surface area contributed by atoms with Crippen LogP contribution in [-0.4, -0.2) is 9.97 Å². The Bertz CT molecular complexity index is 740. The van der Waals surface area contributed by atoms with E-state index in [0.29, 0.717) is 0 Å². The summed E-state index contributed by atoms with van der Waals surface area (Å²) in [4.78, 5) is 9.60. The van der Waals surface area contributed by atoms with E-state index in [0.717, 1.165) is 31.0 Å². The number of nitrogen functional groups attached to an aromatic ring is 1. The van der Waals surface area contributed by atoms with Gasteiger partial charge in [-0.05, 0) is 24.3 Å². The van der Waals surface area contributed by atoms with Crippen LogP contribution in [0.1, 0.15) is 0 Å². The molecule has 0 atom stereocenters. The second kappa shape index (κ2) is 5.19. The summed E-state index contributed by atoms with van der Waals surface area (Å²) in [7, 11) is 0. The van der Waals surface area contributed by atoms with Crippen molar-refractivity contribution in [1.29, 1.82) is 0 Å². The molecule has 0 fully saturated rings. The Morgan fingerprint density at radius 3 is 2.74 bits per heavy atom. The van der Waals surface area contributed by atoms with Gasteiger partial charge in [-0.1, -0.05) is 45.9 Å². The third-order valence-corrected chi connectivity index (χ3v) is 4.29. The number of hydrogen-bond acceptors (Lipinski definition) is 4. The molecule has 94 valence electrons. The van der Waals surface area contributed by atoms with Crippen molar-refractivity contribution in [3.8, 4) is 0 Å². The third kappa shape index (κ3) is 2.57. The fourth-order valence-corrected chi connectivity index (χ4v) is 3.06. The summed E-state index contributed by atoms with van der Waals surface area (Å²) >= 11 is 4.96. The zero-order valence-corrected chi connectivity index (χ0v) is 12.3. The minimum absolute atomic E-state index is 0.738. The van der Waals surface area contributed by atoms with Gasteiger partial charge >= 0.3 is 0 Å². The number of nitrogens with two attached hydrogens (primary N) is 1. The summed E-state index contributed by atoms with van der Waals surface area (Å²) in [5.74, 6) is 0. The number of halogens is 1. The van der Waals surface area contributed by atoms with Crippen molar-refractivity contribution in [2.45, 2.75) is 9.92 Å². The summed E-state index contributed by atoms with van der Waals surface area (Å²) in [6.07, 6.45) is 1.58. The first-order valence-electron chi connectivity index (χ1n) is 5.66. The molecule has 0 bridgehead atoms. The van der Waals surface area contributed by atoms with Gasteiger partial charge in [-0.3, -0.25) is 0 Å². The standard InChI is InChI=1S/C14H10BrN3S/c15-9-5-6-13(11(16)7-9)19-14-10-3-1-2-4-12(10)17-8-18-14/h1-8H,16H2. The topological polar surface area (TPSA) is 51.8 Å². The third-order valence-electron chi connectivity index (χ3n) is 2.68. The number of fused-ring (bicyclic) bond motifs is 1. The molecule has 3 aromatic rings. The van der Waals surface area contributed by atoms with Gasteiger partial charge in [0.2, 0.25) is 0 Å². The van der Waals surface area contributed by atoms with Crippen LogP contribution in [0.15, 0.2) is 63.2 Å². The normalized spacial score (nSPS) is 10.8. The molecule has 2 N–H and O–H groups in total. The molecular weight excluding hydrogens is 322 g/mol. The molecular formula is C14H10BrN3S. The van der Waals surface area contributed by atoms with Crippen molar-refractivity contribution >= 4 is 44.3 Å². The minimum Gasteiger partial charge on any atom is -0.398 e. The minimum atomic E-state index is 0.738. The number of rotatable bonds is 2. The van der Waals surface area contributed by atoms with Crippen LogP contribution in [0.5, 0.6) is 0 Å². The molecule has 0 spiro atoms. The van der Waals surface area contributed by atoms with Crippen LogP contribution in [0.4, 0.5) is 5.69 Å². The van der Waals surface area contributed by atoms with E-state index in [1.165, 1.54) is 0 Å². The molecule has 0 saturated carbocycles. The van der Waals surface area contributed by atoms with E-state index in [1.54, 1.807) is 18.1 Å². The number of aromatic nitrogens is 2. The lowest BCUT2D eigenvalue weighted by atomic mass is 10.2. The maximum atomic E-state index is 6.02. The number of para-hydroxylation sites is 1. The van der Waals surface area contributed by atoms with E-state index >= 15 is 0 Å². The second-order valence-corrected chi connectivity index (χ2v) is 5.93. The average molecular weight is 332 g/mol. The zero-order valence-electron chi connectivity index (χ0n) is 9.88. The Labute approximate surface area is 123 Å². The van der Waals surface area contributed by atoms with Crippen LogP contribution >= 0.6 is 27.7 Å². The first-order chi connectivity index (χ1) is 9.24. The van der Waals surface area contributed by atoms with Gasteiger partial charge in [0.15, 0.2) is 0 Å². The van der Waals surface area contributed by atoms with Gasteiger partial charge in [-0.25, -0.2) is 9.97 Å². The quantitative estimate of drug-likeness (QED) is 0.566. The summed E-state index contributed by atoms with van der Waals surface area (Å²) in [5.41, 5.74) is 7.70. The van der Waals surface area contributed by atoms with Gasteiger partial charge in [-0.2, -0.15) is 0 Å². The first-order valence-corrected chi connectivity index (χ1v) is 7.27. The zero-order chi connectivity index (χ0) is 13.2. The Hall–Kier alpha value is -1.59. The maximum Gasteiger partial charge on any atom is 0.117 e. The van der Waals surface area contributed by atoms with E-state index in [1.807, 2.05) is 42.5 Å². The second-order valence-electron chi connectivity index (χ2n) is 3.98. The van der Waals surface area contributed by atoms with Crippen molar-refractivity contribution < 1.29 is 0 Å². The first kappa shape index (κ1) is 12.4. The van der Waals surface area contributed by atoms with Crippen molar-refractivity contribution in [3.05, 3.63) is 53.3 Å². The highest BCUT2D eigenvalue weighted by atomic mass is 79.9. The number of anilines is 1. The van der Waals surface area contributed by atoms with Crippen LogP contribution in [-0.2, 0) is 0 Å². The Balaban J connectivity index is 2.06. The van der Waals surface area contributed by atoms with E-state index < -0.39 is 0 Å². The van der Waals surface area contributed by atoms with Crippen molar-refractivity contribution in [2.75, 3.05) is 5.73 Å². The molecule has 0 aliphatic heterocycles. The van der Waals surface area contributed by atoms with Crippen LogP contribution in [0.25, 0.3) is 10.9 Å². The molecule has 0 amide bonds. The smallest absolute Gasteiger partial charge is 0.117 e. The fraction of sp³-hybridized carbons (Fsp3) is 0. The van der Waals surface area contributed by atoms with Gasteiger partial charge in [0.05, 0.1) is 5.52 Å². The number of hydrogen-bond donors (Lipinski definition) is 1. The van der Waals surface area contributed by atoms with Crippen molar-refractivity contribution in [2.24, 2.45) is 0 Å². The molecule has 0 radical (unpaired) electrons. The molecule has 0 saturated heterocycles. The summed E-state index contributed by atoms with van der Waals surface area (Å²) < 4.78 is 0.974. The lowest BCUT2D eigenvalue weighted by Gasteiger charge is -2.07. The van der Waals surface area contributed by atoms with Crippen molar-refractivity contribution in [3.63, 3.8) is 0 Å². The highest BCUT2D eigenvalue weighted by Crippen LogP contribution is 2.35. The van der Waals surface area contributed by atoms with Crippen LogP contribution in [0.2, 0.25) is 0 Å². The molecule has 3 rings (SSSR count). The molecule has 5 heteroatoms. The predicted molar refractivity (Wildman–Crippen MR) is 82.2 cm³/mol. The molecule has 1 aromatic heterocycles. The highest BCUT2D eigenvalue weighted by Gasteiger charge is 2.07. The molecule has 3 nitrogen and oxygen atoms in total. The summed E-state index contributed by atoms with van der Waals surface area (Å²) in [5, 5.41) is 1.96. The molecule has 0 aliphatic carbocycles. The number of nitrogens with zero attached hydrogens (tertiary/aromatic N) is 2. The Morgan fingerprint density at radius 1 is 1.05 bits per heavy atom. The van der Waals surface area contributed by atoms with Crippen LogP contribution in [0, 0.1) is 0 Å². The van der Waals surface area contributed by atoms with Gasteiger partial charge < -0.3 is 5.73 Å². The molecule has 2 aromatic carbocycles. The Kier molecular flexibility index (Phi) is 3.40. The summed E-state index contributed by atoms with van der Waals surface area (Å²) in [6.45, 7) is 0. The predicted octanol–water partition coefficient (Wildman–Crippen LogP) is 4.13. The van der Waals surface area contributed by atoms with Crippen LogP contribution < -0.4 is 5.73 Å². The van der Waals surface area contributed by atoms with E-state index in [2.05, 4.69) is 25.9 Å². The van der Waals surface area contributed by atoms with Gasteiger partial charge in [0.25, 0.3) is 0 Å². The highest BCUT2D eigenvalue weighted by molar-refractivity contribution is 9.10. The molecule has 19 heavy (non-hydrogen) atoms. The van der Waals surface area contributed by atoms with E-state index in [-0.39, 0.29) is 0 Å². The average Bonchev–Trinajstić information content (AvgIpc) is 2.42. The maximum absolute atomic E-state index is 6.02. The molecule has 1 heterocycles. The SMILES string of the molecule is Nc1cc(Br)ccc1Sc1ncnc2ccccc12. The molecule has 0 aliphatic rings. The van der Waals surface area contributed by atoms with Crippen molar-refractivity contribution in [1.82, 2.24) is 9.97 Å². The Morgan fingerprint density at radius 2 is 1.89 bits per heavy atom. The fourth-order valence-electron chi connectivity index (χ4n) is 1.78. The molecule has 0 unspecified atom stereocenters. The van der Waals surface area contributed by atoms with E-state index in [9.17, 15) is 0 Å². The monoisotopic (exact) mass is 331 g/mol. The van der Waals surface area contributed by atoms with Crippen LogP contribution in [0.3, 0.4) is 0 Å². The van der Waals surface area contributed by atoms with E-state index in [4.69, 9.17) is 5.73 Å². The lowest BCUT2D eigenvalue weighted by molar-refractivity contribution is 1.10. The van der Waals surface area contributed by atoms with Gasteiger partial charge in [0, 0.05) is 20.4 Å². The van der Waals surface area contributed by atoms with Gasteiger partial charge in [-0.15, -0.1) is 0 Å². The number of benzene rings is 2. The van der Waals surface area contributed by atoms with Gasteiger partial charge in [0.1, 0.15) is 11.4 Å².